The molecule has 2 aromatic carbocycles. The highest BCUT2D eigenvalue weighted by molar-refractivity contribution is 5.82. The van der Waals surface area contributed by atoms with Crippen molar-refractivity contribution in [2.45, 2.75) is 44.6 Å². The van der Waals surface area contributed by atoms with Gasteiger partial charge in [-0.05, 0) is 84.8 Å². The summed E-state index contributed by atoms with van der Waals surface area (Å²) in [4.78, 5) is 17.5. The van der Waals surface area contributed by atoms with Crippen LogP contribution in [0, 0.1) is 0 Å². The first-order valence-corrected chi connectivity index (χ1v) is 10.9. The molecule has 1 saturated heterocycles. The van der Waals surface area contributed by atoms with Gasteiger partial charge in [0.2, 0.25) is 5.56 Å². The van der Waals surface area contributed by atoms with E-state index in [4.69, 9.17) is 0 Å². The molecule has 3 heteroatoms. The highest BCUT2D eigenvalue weighted by atomic mass is 16.1. The number of nitrogens with one attached hydrogen (secondary N) is 1. The van der Waals surface area contributed by atoms with Gasteiger partial charge in [0.25, 0.3) is 0 Å². The maximum atomic E-state index is 11.8. The summed E-state index contributed by atoms with van der Waals surface area (Å²) >= 11 is 0. The van der Waals surface area contributed by atoms with Crippen molar-refractivity contribution < 1.29 is 0 Å². The summed E-state index contributed by atoms with van der Waals surface area (Å²) in [6.45, 7) is 3.23. The Morgan fingerprint density at radius 1 is 1.00 bits per heavy atom. The lowest BCUT2D eigenvalue weighted by Crippen LogP contribution is -2.32. The summed E-state index contributed by atoms with van der Waals surface area (Å²) in [5.74, 6) is 0.517. The zero-order valence-corrected chi connectivity index (χ0v) is 16.9. The van der Waals surface area contributed by atoms with Crippen LogP contribution in [0.25, 0.3) is 16.5 Å². The number of rotatable bonds is 4. The van der Waals surface area contributed by atoms with Crippen molar-refractivity contribution in [2.24, 2.45) is 0 Å². The number of aromatic nitrogens is 1. The molecule has 5 rings (SSSR count). The molecule has 1 N–H and O–H groups in total. The predicted molar refractivity (Wildman–Crippen MR) is 120 cm³/mol. The minimum Gasteiger partial charge on any atom is -0.322 e. The molecule has 0 amide bonds. The predicted octanol–water partition coefficient (Wildman–Crippen LogP) is 5.48. The molecule has 3 aromatic rings. The smallest absolute Gasteiger partial charge is 0.248 e. The minimum absolute atomic E-state index is 0.0142. The number of H-pyrrole nitrogens is 1. The summed E-state index contributed by atoms with van der Waals surface area (Å²) in [5, 5.41) is 1.13. The average molecular weight is 385 g/mol. The molecule has 1 aliphatic carbocycles. The number of benzene rings is 2. The Bertz CT molecular complexity index is 1100. The first kappa shape index (κ1) is 18.4. The van der Waals surface area contributed by atoms with E-state index >= 15 is 0 Å². The van der Waals surface area contributed by atoms with Gasteiger partial charge < -0.3 is 4.98 Å². The third kappa shape index (κ3) is 3.92. The van der Waals surface area contributed by atoms with E-state index in [0.29, 0.717) is 5.92 Å². The average Bonchev–Trinajstić information content (AvgIpc) is 3.29. The van der Waals surface area contributed by atoms with Gasteiger partial charge in [0.05, 0.1) is 5.52 Å². The molecule has 29 heavy (non-hydrogen) atoms. The number of pyridine rings is 1. The first-order valence-electron chi connectivity index (χ1n) is 10.9. The molecule has 0 atom stereocenters. The van der Waals surface area contributed by atoms with E-state index < -0.39 is 0 Å². The van der Waals surface area contributed by atoms with E-state index in [0.717, 1.165) is 43.4 Å². The highest BCUT2D eigenvalue weighted by Gasteiger charge is 2.22. The van der Waals surface area contributed by atoms with Gasteiger partial charge in [0.15, 0.2) is 0 Å². The van der Waals surface area contributed by atoms with Gasteiger partial charge in [0, 0.05) is 12.6 Å². The molecule has 0 radical (unpaired) electrons. The van der Waals surface area contributed by atoms with Crippen molar-refractivity contribution in [2.75, 3.05) is 13.1 Å². The molecule has 1 aliphatic heterocycles. The molecular weight excluding hydrogens is 356 g/mol. The van der Waals surface area contributed by atoms with E-state index in [1.807, 2.05) is 6.07 Å². The number of hydrogen-bond donors (Lipinski definition) is 1. The van der Waals surface area contributed by atoms with Gasteiger partial charge in [-0.15, -0.1) is 0 Å². The van der Waals surface area contributed by atoms with Crippen LogP contribution >= 0.6 is 0 Å². The fraction of sp³-hybridized carbons (Fsp3) is 0.346. The normalized spacial score (nSPS) is 18.3. The van der Waals surface area contributed by atoms with Crippen LogP contribution in [0.1, 0.15) is 54.7 Å². The fourth-order valence-corrected chi connectivity index (χ4v) is 5.01. The molecule has 148 valence electrons. The van der Waals surface area contributed by atoms with E-state index in [2.05, 4.69) is 58.4 Å². The van der Waals surface area contributed by atoms with Crippen LogP contribution < -0.4 is 5.56 Å². The van der Waals surface area contributed by atoms with Crippen LogP contribution in [0.5, 0.6) is 0 Å². The van der Waals surface area contributed by atoms with E-state index in [9.17, 15) is 4.79 Å². The van der Waals surface area contributed by atoms with Crippen LogP contribution in [0.2, 0.25) is 0 Å². The lowest BCUT2D eigenvalue weighted by atomic mass is 9.87. The largest absolute Gasteiger partial charge is 0.322 e. The molecule has 0 saturated carbocycles. The van der Waals surface area contributed by atoms with Gasteiger partial charge in [-0.2, -0.15) is 0 Å². The van der Waals surface area contributed by atoms with Crippen LogP contribution in [0.3, 0.4) is 0 Å². The van der Waals surface area contributed by atoms with E-state index in [1.165, 1.54) is 41.5 Å². The van der Waals surface area contributed by atoms with E-state index in [-0.39, 0.29) is 5.56 Å². The number of piperidine rings is 1. The second kappa shape index (κ2) is 8.00. The molecule has 0 unspecified atom stereocenters. The summed E-state index contributed by atoms with van der Waals surface area (Å²) in [7, 11) is 0. The lowest BCUT2D eigenvalue weighted by molar-refractivity contribution is 0.205. The standard InChI is InChI=1S/C26H28N2O/c29-25-12-11-22-8-4-10-24(26(22)27-25)21-13-15-28(16-14-21)18-19-5-3-9-23(17-19)20-6-1-2-7-20/h3-6,8-12,17,21H,1-2,7,13-16,18H2,(H,27,29). The van der Waals surface area contributed by atoms with Crippen LogP contribution in [-0.2, 0) is 6.54 Å². The van der Waals surface area contributed by atoms with Crippen molar-refractivity contribution >= 4 is 16.5 Å². The van der Waals surface area contributed by atoms with E-state index in [1.54, 1.807) is 6.07 Å². The number of allylic oxidation sites excluding steroid dienone is 2. The fourth-order valence-electron chi connectivity index (χ4n) is 5.01. The topological polar surface area (TPSA) is 36.1 Å². The Labute approximate surface area is 172 Å². The Kier molecular flexibility index (Phi) is 5.07. The molecule has 1 fully saturated rings. The third-order valence-electron chi connectivity index (χ3n) is 6.56. The number of likely N-dealkylation sites (tertiary alicyclic amines) is 1. The number of para-hydroxylation sites is 1. The maximum absolute atomic E-state index is 11.8. The molecule has 1 aromatic heterocycles. The molecule has 2 heterocycles. The molecule has 0 spiro atoms. The number of hydrogen-bond acceptors (Lipinski definition) is 2. The Hall–Kier alpha value is -2.65. The Morgan fingerprint density at radius 3 is 2.69 bits per heavy atom. The molecular formula is C26H28N2O. The Morgan fingerprint density at radius 2 is 1.86 bits per heavy atom. The van der Waals surface area contributed by atoms with Crippen LogP contribution in [0.15, 0.2) is 65.5 Å². The SMILES string of the molecule is O=c1ccc2cccc(C3CCN(Cc4cccc(C5=CCCC5)c4)CC3)c2[nH]1. The van der Waals surface area contributed by atoms with Crippen LogP contribution in [0.4, 0.5) is 0 Å². The highest BCUT2D eigenvalue weighted by Crippen LogP contribution is 2.33. The van der Waals surface area contributed by atoms with Crippen molar-refractivity contribution in [1.82, 2.24) is 9.88 Å². The monoisotopic (exact) mass is 384 g/mol. The van der Waals surface area contributed by atoms with Gasteiger partial charge in [-0.25, -0.2) is 0 Å². The molecule has 3 nitrogen and oxygen atoms in total. The minimum atomic E-state index is -0.0142. The molecule has 0 bridgehead atoms. The lowest BCUT2D eigenvalue weighted by Gasteiger charge is -2.32. The van der Waals surface area contributed by atoms with Gasteiger partial charge in [0.1, 0.15) is 0 Å². The first-order chi connectivity index (χ1) is 14.3. The molecule has 2 aliphatic rings. The van der Waals surface area contributed by atoms with Crippen molar-refractivity contribution in [3.8, 4) is 0 Å². The van der Waals surface area contributed by atoms with Gasteiger partial charge in [-0.1, -0.05) is 48.5 Å². The zero-order chi connectivity index (χ0) is 19.6. The quantitative estimate of drug-likeness (QED) is 0.647. The van der Waals surface area contributed by atoms with Crippen molar-refractivity contribution in [1.29, 1.82) is 0 Å². The number of nitrogens with zero attached hydrogens (tertiary/aromatic N) is 1. The second-order valence-corrected chi connectivity index (χ2v) is 8.51. The van der Waals surface area contributed by atoms with Gasteiger partial charge in [-0.3, -0.25) is 9.69 Å². The number of fused-ring (bicyclic) bond motifs is 1. The summed E-state index contributed by atoms with van der Waals surface area (Å²) in [6.07, 6.45) is 8.43. The third-order valence-corrected chi connectivity index (χ3v) is 6.56. The second-order valence-electron chi connectivity index (χ2n) is 8.51. The zero-order valence-electron chi connectivity index (χ0n) is 16.9. The van der Waals surface area contributed by atoms with Gasteiger partial charge >= 0.3 is 0 Å². The maximum Gasteiger partial charge on any atom is 0.248 e. The Balaban J connectivity index is 1.27. The van der Waals surface area contributed by atoms with Crippen LogP contribution in [-0.4, -0.2) is 23.0 Å². The van der Waals surface area contributed by atoms with Crippen molar-refractivity contribution in [3.05, 3.63) is 87.7 Å². The summed E-state index contributed by atoms with van der Waals surface area (Å²) < 4.78 is 0. The summed E-state index contributed by atoms with van der Waals surface area (Å²) in [5.41, 5.74) is 6.67. The summed E-state index contributed by atoms with van der Waals surface area (Å²) in [6, 6.07) is 19.1. The number of aromatic amines is 1. The van der Waals surface area contributed by atoms with Crippen molar-refractivity contribution in [3.63, 3.8) is 0 Å².